The SMILES string of the molecule is CCOc1ccc2[nH]c(=O)c(CN(Cc3ccccc3Cl)[C@H](CC)c3nnnn3Cc3ccccc3)cc2c1. The lowest BCUT2D eigenvalue weighted by molar-refractivity contribution is 0.161. The largest absolute Gasteiger partial charge is 0.494 e. The number of halogens is 1. The summed E-state index contributed by atoms with van der Waals surface area (Å²) in [5.41, 5.74) is 3.35. The van der Waals surface area contributed by atoms with E-state index >= 15 is 0 Å². The average Bonchev–Trinajstić information content (AvgIpc) is 3.39. The first-order valence-corrected chi connectivity index (χ1v) is 13.5. The number of tetrazole rings is 1. The number of nitrogens with one attached hydrogen (secondary N) is 1. The molecule has 39 heavy (non-hydrogen) atoms. The summed E-state index contributed by atoms with van der Waals surface area (Å²) < 4.78 is 7.52. The number of nitrogens with zero attached hydrogens (tertiary/aromatic N) is 5. The van der Waals surface area contributed by atoms with Gasteiger partial charge >= 0.3 is 0 Å². The van der Waals surface area contributed by atoms with Gasteiger partial charge in [-0.1, -0.05) is 67.1 Å². The van der Waals surface area contributed by atoms with Gasteiger partial charge in [0.05, 0.1) is 19.2 Å². The Morgan fingerprint density at radius 3 is 2.51 bits per heavy atom. The number of aromatic nitrogens is 5. The van der Waals surface area contributed by atoms with Crippen molar-refractivity contribution in [2.24, 2.45) is 0 Å². The smallest absolute Gasteiger partial charge is 0.252 e. The lowest BCUT2D eigenvalue weighted by Crippen LogP contribution is -2.32. The van der Waals surface area contributed by atoms with Crippen molar-refractivity contribution in [3.05, 3.63) is 117 Å². The summed E-state index contributed by atoms with van der Waals surface area (Å²) >= 11 is 6.59. The van der Waals surface area contributed by atoms with Crippen LogP contribution in [0.15, 0.2) is 83.7 Å². The number of rotatable bonds is 11. The van der Waals surface area contributed by atoms with Crippen molar-refractivity contribution in [3.63, 3.8) is 0 Å². The third-order valence-corrected chi connectivity index (χ3v) is 7.14. The van der Waals surface area contributed by atoms with E-state index in [2.05, 4.69) is 44.5 Å². The van der Waals surface area contributed by atoms with Crippen molar-refractivity contribution < 1.29 is 4.74 Å². The Labute approximate surface area is 232 Å². The molecule has 0 spiro atoms. The molecule has 1 atom stereocenters. The molecule has 0 bridgehead atoms. The van der Waals surface area contributed by atoms with Crippen LogP contribution in [0.4, 0.5) is 0 Å². The molecule has 0 amide bonds. The first kappa shape index (κ1) is 26.6. The van der Waals surface area contributed by atoms with Crippen molar-refractivity contribution in [1.82, 2.24) is 30.1 Å². The molecule has 8 nitrogen and oxygen atoms in total. The second-order valence-corrected chi connectivity index (χ2v) is 9.81. The highest BCUT2D eigenvalue weighted by Gasteiger charge is 2.26. The zero-order chi connectivity index (χ0) is 27.2. The second kappa shape index (κ2) is 12.2. The van der Waals surface area contributed by atoms with E-state index in [-0.39, 0.29) is 11.6 Å². The summed E-state index contributed by atoms with van der Waals surface area (Å²) in [5.74, 6) is 1.51. The molecule has 0 aliphatic heterocycles. The minimum Gasteiger partial charge on any atom is -0.494 e. The van der Waals surface area contributed by atoms with Crippen LogP contribution < -0.4 is 10.3 Å². The Hall–Kier alpha value is -4.01. The number of hydrogen-bond acceptors (Lipinski definition) is 6. The third-order valence-electron chi connectivity index (χ3n) is 6.77. The molecule has 0 saturated carbocycles. The van der Waals surface area contributed by atoms with Crippen molar-refractivity contribution in [3.8, 4) is 5.75 Å². The molecule has 0 radical (unpaired) electrons. The molecular formula is C30H31ClN6O2. The highest BCUT2D eigenvalue weighted by Crippen LogP contribution is 2.29. The minimum atomic E-state index is -0.162. The number of hydrogen-bond donors (Lipinski definition) is 1. The third kappa shape index (κ3) is 6.19. The standard InChI is InChI=1S/C30H31ClN6O2/c1-3-28(29-33-34-35-37(29)18-21-10-6-5-7-11-21)36(19-22-12-8-9-13-26(22)31)20-24-16-23-17-25(39-4-2)14-15-27(23)32-30(24)38/h5-17,28H,3-4,18-20H2,1-2H3,(H,32,38)/t28-/m1/s1. The topological polar surface area (TPSA) is 88.9 Å². The zero-order valence-electron chi connectivity index (χ0n) is 22.0. The van der Waals surface area contributed by atoms with Gasteiger partial charge in [-0.3, -0.25) is 9.69 Å². The van der Waals surface area contributed by atoms with Crippen molar-refractivity contribution in [2.45, 2.75) is 45.9 Å². The Bertz CT molecular complexity index is 1600. The van der Waals surface area contributed by atoms with Gasteiger partial charge in [0.15, 0.2) is 5.82 Å². The van der Waals surface area contributed by atoms with Gasteiger partial charge in [-0.25, -0.2) is 4.68 Å². The number of fused-ring (bicyclic) bond motifs is 1. The summed E-state index contributed by atoms with van der Waals surface area (Å²) in [4.78, 5) is 18.5. The normalized spacial score (nSPS) is 12.2. The van der Waals surface area contributed by atoms with Crippen LogP contribution >= 0.6 is 11.6 Å². The molecule has 200 valence electrons. The van der Waals surface area contributed by atoms with E-state index < -0.39 is 0 Å². The summed E-state index contributed by atoms with van der Waals surface area (Å²) in [7, 11) is 0. The number of benzene rings is 3. The van der Waals surface area contributed by atoms with Gasteiger partial charge in [0.1, 0.15) is 5.75 Å². The zero-order valence-corrected chi connectivity index (χ0v) is 22.8. The van der Waals surface area contributed by atoms with Gasteiger partial charge in [-0.05, 0) is 65.2 Å². The highest BCUT2D eigenvalue weighted by molar-refractivity contribution is 6.31. The van der Waals surface area contributed by atoms with Gasteiger partial charge in [-0.2, -0.15) is 0 Å². The van der Waals surface area contributed by atoms with Crippen LogP contribution in [-0.2, 0) is 19.6 Å². The lowest BCUT2D eigenvalue weighted by Gasteiger charge is -2.30. The van der Waals surface area contributed by atoms with Crippen LogP contribution in [-0.4, -0.2) is 36.7 Å². The Morgan fingerprint density at radius 2 is 1.74 bits per heavy atom. The average molecular weight is 543 g/mol. The fourth-order valence-corrected chi connectivity index (χ4v) is 5.06. The summed E-state index contributed by atoms with van der Waals surface area (Å²) in [6, 6.07) is 25.4. The Morgan fingerprint density at radius 1 is 0.974 bits per heavy atom. The molecule has 5 rings (SSSR count). The van der Waals surface area contributed by atoms with E-state index in [1.165, 1.54) is 0 Å². The van der Waals surface area contributed by atoms with Crippen molar-refractivity contribution in [2.75, 3.05) is 6.61 Å². The monoisotopic (exact) mass is 542 g/mol. The van der Waals surface area contributed by atoms with Crippen LogP contribution in [0, 0.1) is 0 Å². The quantitative estimate of drug-likeness (QED) is 0.228. The van der Waals surface area contributed by atoms with E-state index in [0.29, 0.717) is 36.8 Å². The van der Waals surface area contributed by atoms with Crippen molar-refractivity contribution >= 4 is 22.5 Å². The Balaban J connectivity index is 1.53. The summed E-state index contributed by atoms with van der Waals surface area (Å²) in [5, 5.41) is 14.3. The molecule has 5 aromatic rings. The van der Waals surface area contributed by atoms with E-state index in [1.807, 2.05) is 78.3 Å². The van der Waals surface area contributed by atoms with Crippen LogP contribution in [0.25, 0.3) is 10.9 Å². The predicted molar refractivity (Wildman–Crippen MR) is 153 cm³/mol. The summed E-state index contributed by atoms with van der Waals surface area (Å²) in [6.07, 6.45) is 0.736. The summed E-state index contributed by atoms with van der Waals surface area (Å²) in [6.45, 7) is 6.08. The van der Waals surface area contributed by atoms with Crippen LogP contribution in [0.3, 0.4) is 0 Å². The van der Waals surface area contributed by atoms with E-state index in [9.17, 15) is 4.79 Å². The molecule has 1 N–H and O–H groups in total. The number of aromatic amines is 1. The molecule has 0 aliphatic rings. The second-order valence-electron chi connectivity index (χ2n) is 9.41. The first-order chi connectivity index (χ1) is 19.1. The molecule has 9 heteroatoms. The van der Waals surface area contributed by atoms with E-state index in [0.717, 1.165) is 40.0 Å². The van der Waals surface area contributed by atoms with Gasteiger partial charge in [-0.15, -0.1) is 5.10 Å². The van der Waals surface area contributed by atoms with Gasteiger partial charge < -0.3 is 9.72 Å². The maximum absolute atomic E-state index is 13.2. The fraction of sp³-hybridized carbons (Fsp3) is 0.267. The van der Waals surface area contributed by atoms with Crippen LogP contribution in [0.5, 0.6) is 5.75 Å². The number of H-pyrrole nitrogens is 1. The maximum Gasteiger partial charge on any atom is 0.252 e. The van der Waals surface area contributed by atoms with E-state index in [1.54, 1.807) is 0 Å². The molecule has 0 aliphatic carbocycles. The van der Waals surface area contributed by atoms with Gasteiger partial charge in [0.25, 0.3) is 5.56 Å². The van der Waals surface area contributed by atoms with Crippen LogP contribution in [0.1, 0.15) is 48.8 Å². The molecular weight excluding hydrogens is 512 g/mol. The predicted octanol–water partition coefficient (Wildman–Crippen LogP) is 5.77. The lowest BCUT2D eigenvalue weighted by atomic mass is 10.1. The molecule has 0 unspecified atom stereocenters. The molecule has 2 heterocycles. The Kier molecular flexibility index (Phi) is 8.34. The number of pyridine rings is 1. The van der Waals surface area contributed by atoms with Crippen LogP contribution in [0.2, 0.25) is 5.02 Å². The van der Waals surface area contributed by atoms with Gasteiger partial charge in [0.2, 0.25) is 0 Å². The molecule has 0 fully saturated rings. The van der Waals surface area contributed by atoms with E-state index in [4.69, 9.17) is 16.3 Å². The first-order valence-electron chi connectivity index (χ1n) is 13.1. The highest BCUT2D eigenvalue weighted by atomic mass is 35.5. The molecule has 0 saturated heterocycles. The number of ether oxygens (including phenoxy) is 1. The fourth-order valence-electron chi connectivity index (χ4n) is 4.87. The molecule has 3 aromatic carbocycles. The maximum atomic E-state index is 13.2. The van der Waals surface area contributed by atoms with Gasteiger partial charge in [0, 0.05) is 34.6 Å². The minimum absolute atomic E-state index is 0.130. The molecule has 2 aromatic heterocycles. The van der Waals surface area contributed by atoms with Crippen molar-refractivity contribution in [1.29, 1.82) is 0 Å².